The van der Waals surface area contributed by atoms with E-state index in [4.69, 9.17) is 4.55 Å². The Kier molecular flexibility index (Phi) is 6.08. The highest BCUT2D eigenvalue weighted by atomic mass is 32.2. The Morgan fingerprint density at radius 3 is 0.862 bits per heavy atom. The summed E-state index contributed by atoms with van der Waals surface area (Å²) in [4.78, 5) is 0. The molecule has 0 aliphatic carbocycles. The largest absolute Gasteiger partial charge is 0.457 e. The lowest BCUT2D eigenvalue weighted by Crippen LogP contribution is -2.86. The maximum Gasteiger partial charge on any atom is 0.457 e. The van der Waals surface area contributed by atoms with E-state index in [2.05, 4.69) is 0 Å². The van der Waals surface area contributed by atoms with E-state index in [1.165, 1.54) is 0 Å². The third-order valence-electron chi connectivity index (χ3n) is 3.25. The van der Waals surface area contributed by atoms with Crippen molar-refractivity contribution in [1.29, 1.82) is 0 Å². The monoisotopic (exact) mass is 500 g/mol. The lowest BCUT2D eigenvalue weighted by molar-refractivity contribution is -0.440. The molecule has 3 nitrogen and oxygen atoms in total. The first-order chi connectivity index (χ1) is 12.0. The molecule has 0 rings (SSSR count). The van der Waals surface area contributed by atoms with Gasteiger partial charge in [0.2, 0.25) is 0 Å². The molecule has 0 radical (unpaired) electrons. The van der Waals surface area contributed by atoms with Crippen LogP contribution in [0.15, 0.2) is 0 Å². The Bertz CT molecular complexity index is 724. The SMILES string of the molecule is O=S(=O)(O)C(C(F)(F)F)(C(F)(F)C(F)(F)F)C(F)(C(F)(F)F)C(F)(F)C(F)(F)F. The van der Waals surface area contributed by atoms with Gasteiger partial charge in [0.05, 0.1) is 0 Å². The molecule has 21 heteroatoms. The number of hydrogen-bond acceptors (Lipinski definition) is 2. The van der Waals surface area contributed by atoms with Crippen LogP contribution in [-0.2, 0) is 10.1 Å². The summed E-state index contributed by atoms with van der Waals surface area (Å²) in [6.07, 6.45) is -34.2. The quantitative estimate of drug-likeness (QED) is 0.444. The molecule has 2 unspecified atom stereocenters. The number of halogens is 17. The molecule has 0 aromatic heterocycles. The molecule has 1 N–H and O–H groups in total. The van der Waals surface area contributed by atoms with Crippen molar-refractivity contribution in [3.63, 3.8) is 0 Å². The first-order valence-corrected chi connectivity index (χ1v) is 7.12. The van der Waals surface area contributed by atoms with Crippen molar-refractivity contribution in [3.05, 3.63) is 0 Å². The topological polar surface area (TPSA) is 54.4 Å². The van der Waals surface area contributed by atoms with Gasteiger partial charge >= 0.3 is 47.0 Å². The molecule has 0 bridgehead atoms. The highest BCUT2D eigenvalue weighted by Crippen LogP contribution is 2.69. The van der Waals surface area contributed by atoms with Gasteiger partial charge in [-0.25, -0.2) is 4.39 Å². The fourth-order valence-electron chi connectivity index (χ4n) is 2.07. The van der Waals surface area contributed by atoms with Gasteiger partial charge in [-0.15, -0.1) is 0 Å². The van der Waals surface area contributed by atoms with Gasteiger partial charge < -0.3 is 0 Å². The molecule has 0 fully saturated rings. The predicted octanol–water partition coefficient (Wildman–Crippen LogP) is 4.84. The highest BCUT2D eigenvalue weighted by molar-refractivity contribution is 7.87. The molecule has 0 aliphatic rings. The Labute approximate surface area is 146 Å². The zero-order valence-electron chi connectivity index (χ0n) is 12.1. The van der Waals surface area contributed by atoms with Crippen molar-refractivity contribution in [3.8, 4) is 0 Å². The summed E-state index contributed by atoms with van der Waals surface area (Å²) in [5.41, 5.74) is -9.35. The van der Waals surface area contributed by atoms with Crippen LogP contribution in [0.2, 0.25) is 0 Å². The highest BCUT2D eigenvalue weighted by Gasteiger charge is 3.04. The normalized spacial score (nSPS) is 20.2. The van der Waals surface area contributed by atoms with E-state index in [0.717, 1.165) is 0 Å². The van der Waals surface area contributed by atoms with Crippen molar-refractivity contribution < 1.29 is 87.6 Å². The fraction of sp³-hybridized carbons (Fsp3) is 1.00. The predicted molar refractivity (Wildman–Crippen MR) is 52.2 cm³/mol. The Balaban J connectivity index is 8.38. The van der Waals surface area contributed by atoms with Gasteiger partial charge in [0.25, 0.3) is 10.1 Å². The van der Waals surface area contributed by atoms with Gasteiger partial charge in [-0.3, -0.25) is 4.55 Å². The van der Waals surface area contributed by atoms with Crippen LogP contribution in [0.5, 0.6) is 0 Å². The van der Waals surface area contributed by atoms with Crippen LogP contribution in [0.3, 0.4) is 0 Å². The molecule has 0 aromatic rings. The number of rotatable bonds is 4. The minimum Gasteiger partial charge on any atom is -0.285 e. The van der Waals surface area contributed by atoms with Crippen LogP contribution in [0, 0.1) is 0 Å². The zero-order chi connectivity index (χ0) is 24.5. The summed E-state index contributed by atoms with van der Waals surface area (Å²) < 4.78 is 238. The molecular weight excluding hydrogens is 499 g/mol. The average Bonchev–Trinajstić information content (AvgIpc) is 2.30. The molecule has 0 saturated heterocycles. The van der Waals surface area contributed by atoms with E-state index in [1.54, 1.807) is 0 Å². The van der Waals surface area contributed by atoms with Gasteiger partial charge in [-0.05, 0) is 0 Å². The molecule has 176 valence electrons. The smallest absolute Gasteiger partial charge is 0.285 e. The first kappa shape index (κ1) is 27.7. The summed E-state index contributed by atoms with van der Waals surface area (Å²) >= 11 is 0. The Hall–Kier alpha value is -1.28. The van der Waals surface area contributed by atoms with Gasteiger partial charge in [0.1, 0.15) is 0 Å². The Morgan fingerprint density at radius 1 is 0.448 bits per heavy atom. The van der Waals surface area contributed by atoms with Gasteiger partial charge in [0, 0.05) is 0 Å². The molecule has 0 spiro atoms. The van der Waals surface area contributed by atoms with Crippen LogP contribution in [0.4, 0.5) is 74.6 Å². The average molecular weight is 500 g/mol. The Morgan fingerprint density at radius 2 is 0.724 bits per heavy atom. The maximum absolute atomic E-state index is 14.1. The zero-order valence-corrected chi connectivity index (χ0v) is 12.9. The standard InChI is InChI=1S/C8HF17O3S/c9-1(5(14,15)16,3(10,11)7(20,21)22)2(6(17,18)19,29(26,27)28)4(12,13)8(23,24)25/h(H,26,27,28). The van der Waals surface area contributed by atoms with Crippen molar-refractivity contribution in [2.24, 2.45) is 0 Å². The van der Waals surface area contributed by atoms with Gasteiger partial charge in [0.15, 0.2) is 0 Å². The summed E-state index contributed by atoms with van der Waals surface area (Å²) in [6, 6.07) is 0. The first-order valence-electron chi connectivity index (χ1n) is 5.68. The second-order valence-electron chi connectivity index (χ2n) is 4.95. The van der Waals surface area contributed by atoms with Crippen LogP contribution in [-0.4, -0.2) is 59.9 Å². The number of alkyl halides is 17. The maximum atomic E-state index is 14.1. The minimum absolute atomic E-state index is 8.12. The van der Waals surface area contributed by atoms with Crippen LogP contribution >= 0.6 is 0 Å². The van der Waals surface area contributed by atoms with Gasteiger partial charge in [-0.1, -0.05) is 0 Å². The summed E-state index contributed by atoms with van der Waals surface area (Å²) in [5, 5.41) is 0. The van der Waals surface area contributed by atoms with Crippen molar-refractivity contribution in [2.45, 2.75) is 47.0 Å². The van der Waals surface area contributed by atoms with E-state index in [9.17, 15) is 83.1 Å². The molecule has 0 amide bonds. The molecular formula is C8HF17O3S. The van der Waals surface area contributed by atoms with Gasteiger partial charge in [-0.2, -0.15) is 78.7 Å². The summed E-state index contributed by atoms with van der Waals surface area (Å²) in [7, 11) is -9.18. The molecule has 2 atom stereocenters. The van der Waals surface area contributed by atoms with Crippen molar-refractivity contribution in [1.82, 2.24) is 0 Å². The molecule has 0 aromatic carbocycles. The lowest BCUT2D eigenvalue weighted by atomic mass is 9.76. The van der Waals surface area contributed by atoms with Crippen LogP contribution in [0.1, 0.15) is 0 Å². The fourth-order valence-corrected chi connectivity index (χ4v) is 3.40. The molecule has 29 heavy (non-hydrogen) atoms. The van der Waals surface area contributed by atoms with E-state index in [1.807, 2.05) is 0 Å². The third kappa shape index (κ3) is 3.26. The van der Waals surface area contributed by atoms with E-state index < -0.39 is 57.1 Å². The molecule has 0 heterocycles. The van der Waals surface area contributed by atoms with Crippen LogP contribution in [0.25, 0.3) is 0 Å². The van der Waals surface area contributed by atoms with E-state index >= 15 is 0 Å². The van der Waals surface area contributed by atoms with E-state index in [0.29, 0.717) is 0 Å². The second-order valence-corrected chi connectivity index (χ2v) is 6.52. The summed E-state index contributed by atoms with van der Waals surface area (Å²) in [6.45, 7) is 0. The molecule has 0 saturated carbocycles. The molecule has 0 aliphatic heterocycles. The van der Waals surface area contributed by atoms with E-state index in [-0.39, 0.29) is 0 Å². The van der Waals surface area contributed by atoms with Crippen molar-refractivity contribution >= 4 is 10.1 Å². The number of hydrogen-bond donors (Lipinski definition) is 1. The summed E-state index contributed by atoms with van der Waals surface area (Å²) in [5.74, 6) is -17.9. The van der Waals surface area contributed by atoms with Crippen LogP contribution < -0.4 is 0 Å². The minimum atomic E-state index is -9.35. The lowest BCUT2D eigenvalue weighted by Gasteiger charge is -2.49. The second kappa shape index (κ2) is 6.36. The van der Waals surface area contributed by atoms with Crippen molar-refractivity contribution in [2.75, 3.05) is 0 Å². The third-order valence-corrected chi connectivity index (χ3v) is 4.79.